The predicted octanol–water partition coefficient (Wildman–Crippen LogP) is 3.54. The van der Waals surface area contributed by atoms with Gasteiger partial charge in [0.2, 0.25) is 0 Å². The van der Waals surface area contributed by atoms with Crippen molar-refractivity contribution in [2.75, 3.05) is 6.61 Å². The molecule has 1 aromatic rings. The highest BCUT2D eigenvalue weighted by Crippen LogP contribution is 2.23. The third kappa shape index (κ3) is 3.99. The molecule has 0 saturated carbocycles. The van der Waals surface area contributed by atoms with E-state index in [1.165, 1.54) is 6.42 Å². The average Bonchev–Trinajstić information content (AvgIpc) is 2.26. The maximum absolute atomic E-state index is 5.87. The summed E-state index contributed by atoms with van der Waals surface area (Å²) < 4.78 is 5.63. The van der Waals surface area contributed by atoms with Crippen LogP contribution in [-0.2, 0) is 0 Å². The van der Waals surface area contributed by atoms with Gasteiger partial charge in [-0.2, -0.15) is 0 Å². The van der Waals surface area contributed by atoms with E-state index in [1.807, 2.05) is 6.07 Å². The largest absolute Gasteiger partial charge is 0.493 e. The molecule has 0 saturated heterocycles. The van der Waals surface area contributed by atoms with Crippen molar-refractivity contribution >= 4 is 28.8 Å². The number of unbranched alkanes of at least 4 members (excludes halogenated alkanes) is 2. The average molecular weight is 258 g/mol. The summed E-state index contributed by atoms with van der Waals surface area (Å²) in [5.41, 5.74) is 6.31. The van der Waals surface area contributed by atoms with Crippen molar-refractivity contribution in [3.05, 3.63) is 28.8 Å². The van der Waals surface area contributed by atoms with Gasteiger partial charge in [-0.15, -0.1) is 0 Å². The fourth-order valence-electron chi connectivity index (χ4n) is 1.35. The minimum Gasteiger partial charge on any atom is -0.493 e. The van der Waals surface area contributed by atoms with E-state index in [9.17, 15) is 0 Å². The fourth-order valence-corrected chi connectivity index (χ4v) is 1.69. The summed E-state index contributed by atoms with van der Waals surface area (Å²) in [4.78, 5) is 0.313. The van der Waals surface area contributed by atoms with Crippen LogP contribution in [-0.4, -0.2) is 11.6 Å². The summed E-state index contributed by atoms with van der Waals surface area (Å²) in [5, 5.41) is 0.615. The van der Waals surface area contributed by atoms with Crippen molar-refractivity contribution < 1.29 is 4.74 Å². The van der Waals surface area contributed by atoms with E-state index in [1.54, 1.807) is 12.1 Å². The van der Waals surface area contributed by atoms with Crippen molar-refractivity contribution in [3.8, 4) is 5.75 Å². The summed E-state index contributed by atoms with van der Waals surface area (Å²) in [6.07, 6.45) is 3.37. The molecule has 0 atom stereocenters. The first-order chi connectivity index (χ1) is 7.65. The van der Waals surface area contributed by atoms with Gasteiger partial charge in [0.05, 0.1) is 12.2 Å². The van der Waals surface area contributed by atoms with Gasteiger partial charge in [0.25, 0.3) is 0 Å². The van der Waals surface area contributed by atoms with E-state index in [4.69, 9.17) is 34.3 Å². The molecule has 16 heavy (non-hydrogen) atoms. The number of ether oxygens (including phenoxy) is 1. The summed E-state index contributed by atoms with van der Waals surface area (Å²) in [6.45, 7) is 2.84. The Bertz CT molecular complexity index is 368. The second-order valence-corrected chi connectivity index (χ2v) is 4.44. The van der Waals surface area contributed by atoms with Crippen LogP contribution in [0, 0.1) is 0 Å². The molecule has 0 amide bonds. The van der Waals surface area contributed by atoms with Crippen molar-refractivity contribution in [3.63, 3.8) is 0 Å². The van der Waals surface area contributed by atoms with Gasteiger partial charge >= 0.3 is 0 Å². The van der Waals surface area contributed by atoms with Crippen molar-refractivity contribution in [1.82, 2.24) is 0 Å². The van der Waals surface area contributed by atoms with Gasteiger partial charge in [0.15, 0.2) is 0 Å². The lowest BCUT2D eigenvalue weighted by molar-refractivity contribution is 0.306. The van der Waals surface area contributed by atoms with Crippen LogP contribution >= 0.6 is 23.8 Å². The van der Waals surface area contributed by atoms with Gasteiger partial charge in [0.1, 0.15) is 10.7 Å². The van der Waals surface area contributed by atoms with Crippen LogP contribution in [0.2, 0.25) is 5.02 Å². The van der Waals surface area contributed by atoms with Crippen LogP contribution < -0.4 is 10.5 Å². The molecule has 2 N–H and O–H groups in total. The Hall–Kier alpha value is -0.800. The third-order valence-corrected chi connectivity index (χ3v) is 2.67. The third-order valence-electron chi connectivity index (χ3n) is 2.21. The monoisotopic (exact) mass is 257 g/mol. The smallest absolute Gasteiger partial charge is 0.129 e. The first-order valence-corrected chi connectivity index (χ1v) is 6.16. The Morgan fingerprint density at radius 3 is 2.81 bits per heavy atom. The lowest BCUT2D eigenvalue weighted by Gasteiger charge is -2.10. The van der Waals surface area contributed by atoms with Gasteiger partial charge in [-0.3, -0.25) is 0 Å². The van der Waals surface area contributed by atoms with E-state index in [-0.39, 0.29) is 0 Å². The van der Waals surface area contributed by atoms with E-state index >= 15 is 0 Å². The maximum atomic E-state index is 5.87. The second-order valence-electron chi connectivity index (χ2n) is 3.56. The van der Waals surface area contributed by atoms with Gasteiger partial charge in [-0.1, -0.05) is 43.6 Å². The number of rotatable bonds is 6. The minimum atomic E-state index is 0.313. The van der Waals surface area contributed by atoms with Gasteiger partial charge in [-0.05, 0) is 24.6 Å². The zero-order valence-electron chi connectivity index (χ0n) is 9.33. The first kappa shape index (κ1) is 13.3. The van der Waals surface area contributed by atoms with Crippen molar-refractivity contribution in [2.45, 2.75) is 26.2 Å². The summed E-state index contributed by atoms with van der Waals surface area (Å²) in [7, 11) is 0. The van der Waals surface area contributed by atoms with Crippen molar-refractivity contribution in [2.24, 2.45) is 5.73 Å². The van der Waals surface area contributed by atoms with Crippen LogP contribution in [0.4, 0.5) is 0 Å². The molecule has 1 rings (SSSR count). The molecule has 2 nitrogen and oxygen atoms in total. The molecular weight excluding hydrogens is 242 g/mol. The highest BCUT2D eigenvalue weighted by molar-refractivity contribution is 7.80. The predicted molar refractivity (Wildman–Crippen MR) is 72.4 cm³/mol. The highest BCUT2D eigenvalue weighted by atomic mass is 35.5. The SMILES string of the molecule is CCCCCOc1ccc(Cl)cc1C(N)=S. The number of hydrogen-bond donors (Lipinski definition) is 1. The van der Waals surface area contributed by atoms with Gasteiger partial charge < -0.3 is 10.5 Å². The molecule has 0 aliphatic carbocycles. The van der Waals surface area contributed by atoms with Gasteiger partial charge in [-0.25, -0.2) is 0 Å². The van der Waals surface area contributed by atoms with Crippen LogP contribution in [0.15, 0.2) is 18.2 Å². The number of benzene rings is 1. The van der Waals surface area contributed by atoms with Crippen LogP contribution in [0.3, 0.4) is 0 Å². The molecule has 0 heterocycles. The quantitative estimate of drug-likeness (QED) is 0.625. The Labute approximate surface area is 107 Å². The van der Waals surface area contributed by atoms with Gasteiger partial charge in [0, 0.05) is 5.02 Å². The molecule has 0 spiro atoms. The molecule has 0 aliphatic heterocycles. The topological polar surface area (TPSA) is 35.2 Å². The molecule has 4 heteroatoms. The molecule has 0 fully saturated rings. The molecule has 0 bridgehead atoms. The summed E-state index contributed by atoms with van der Waals surface area (Å²) in [5.74, 6) is 0.716. The Balaban J connectivity index is 2.67. The molecule has 0 aliphatic rings. The van der Waals surface area contributed by atoms with Crippen LogP contribution in [0.5, 0.6) is 5.75 Å². The normalized spacial score (nSPS) is 10.1. The molecule has 88 valence electrons. The highest BCUT2D eigenvalue weighted by Gasteiger charge is 2.07. The number of halogens is 1. The number of hydrogen-bond acceptors (Lipinski definition) is 2. The van der Waals surface area contributed by atoms with E-state index in [0.717, 1.165) is 12.8 Å². The van der Waals surface area contributed by atoms with Crippen LogP contribution in [0.1, 0.15) is 31.7 Å². The molecule has 1 aromatic carbocycles. The molecular formula is C12H16ClNOS. The van der Waals surface area contributed by atoms with E-state index in [2.05, 4.69) is 6.92 Å². The van der Waals surface area contributed by atoms with Crippen LogP contribution in [0.25, 0.3) is 0 Å². The number of thiocarbonyl (C=S) groups is 1. The Morgan fingerprint density at radius 1 is 1.44 bits per heavy atom. The maximum Gasteiger partial charge on any atom is 0.129 e. The zero-order chi connectivity index (χ0) is 12.0. The lowest BCUT2D eigenvalue weighted by Crippen LogP contribution is -2.12. The lowest BCUT2D eigenvalue weighted by atomic mass is 10.2. The summed E-state index contributed by atoms with van der Waals surface area (Å²) in [6, 6.07) is 5.32. The standard InChI is InChI=1S/C12H16ClNOS/c1-2-3-4-7-15-11-6-5-9(13)8-10(11)12(14)16/h5-6,8H,2-4,7H2,1H3,(H2,14,16). The summed E-state index contributed by atoms with van der Waals surface area (Å²) >= 11 is 10.8. The van der Waals surface area contributed by atoms with E-state index in [0.29, 0.717) is 27.9 Å². The van der Waals surface area contributed by atoms with Crippen molar-refractivity contribution in [1.29, 1.82) is 0 Å². The first-order valence-electron chi connectivity index (χ1n) is 5.37. The Morgan fingerprint density at radius 2 is 2.19 bits per heavy atom. The van der Waals surface area contributed by atoms with E-state index < -0.39 is 0 Å². The second kappa shape index (κ2) is 6.71. The fraction of sp³-hybridized carbons (Fsp3) is 0.417. The number of nitrogens with two attached hydrogens (primary N) is 1. The molecule has 0 radical (unpaired) electrons. The Kier molecular flexibility index (Phi) is 5.56. The molecule has 0 aromatic heterocycles. The molecule has 0 unspecified atom stereocenters. The zero-order valence-corrected chi connectivity index (χ0v) is 10.9. The minimum absolute atomic E-state index is 0.313.